The Morgan fingerprint density at radius 2 is 2.12 bits per heavy atom. The summed E-state index contributed by atoms with van der Waals surface area (Å²) in [6.45, 7) is 5.89. The molecule has 1 rings (SSSR count). The molecule has 1 unspecified atom stereocenters. The highest BCUT2D eigenvalue weighted by Crippen LogP contribution is 2.11. The number of hydrogen-bond donors (Lipinski definition) is 1. The average Bonchev–Trinajstić information content (AvgIpc) is 2.64. The molecule has 1 heterocycles. The highest BCUT2D eigenvalue weighted by Gasteiger charge is 2.19. The van der Waals surface area contributed by atoms with Crippen LogP contribution < -0.4 is 0 Å². The molecule has 6 nitrogen and oxygen atoms in total. The van der Waals surface area contributed by atoms with Gasteiger partial charge in [-0.2, -0.15) is 4.98 Å². The molecule has 0 saturated heterocycles. The molecule has 0 aromatic carbocycles. The summed E-state index contributed by atoms with van der Waals surface area (Å²) in [5.41, 5.74) is 0. The Balaban J connectivity index is 2.62. The molecule has 1 aromatic heterocycles. The zero-order chi connectivity index (χ0) is 12.3. The van der Waals surface area contributed by atoms with Crippen LogP contribution in [0.15, 0.2) is 4.52 Å². The van der Waals surface area contributed by atoms with Crippen molar-refractivity contribution in [2.24, 2.45) is 0 Å². The zero-order valence-electron chi connectivity index (χ0n) is 9.97. The standard InChI is InChI=1S/C10H17N3O3/c1-6(2)9-11-8(16-12-9)5-13(4)7(3)10(14)15/h6-7H,5H2,1-4H3,(H,14,15). The minimum Gasteiger partial charge on any atom is -0.480 e. The third-order valence-corrected chi connectivity index (χ3v) is 2.40. The molecule has 0 bridgehead atoms. The maximum absolute atomic E-state index is 10.7. The molecule has 0 spiro atoms. The molecule has 0 aliphatic carbocycles. The molecule has 0 amide bonds. The Labute approximate surface area is 94.3 Å². The predicted molar refractivity (Wildman–Crippen MR) is 57.0 cm³/mol. The fourth-order valence-electron chi connectivity index (χ4n) is 1.11. The second kappa shape index (κ2) is 5.07. The van der Waals surface area contributed by atoms with E-state index in [9.17, 15) is 4.79 Å². The minimum atomic E-state index is -0.869. The van der Waals surface area contributed by atoms with Crippen LogP contribution in [0.25, 0.3) is 0 Å². The molecule has 1 N–H and O–H groups in total. The van der Waals surface area contributed by atoms with E-state index in [1.54, 1.807) is 18.9 Å². The van der Waals surface area contributed by atoms with E-state index in [0.29, 0.717) is 18.3 Å². The van der Waals surface area contributed by atoms with Crippen molar-refractivity contribution in [1.82, 2.24) is 15.0 Å². The molecule has 6 heteroatoms. The lowest BCUT2D eigenvalue weighted by molar-refractivity contribution is -0.142. The number of carboxylic acids is 1. The number of nitrogens with zero attached hydrogens (tertiary/aromatic N) is 3. The Morgan fingerprint density at radius 1 is 1.50 bits per heavy atom. The Morgan fingerprint density at radius 3 is 2.56 bits per heavy atom. The summed E-state index contributed by atoms with van der Waals surface area (Å²) >= 11 is 0. The van der Waals surface area contributed by atoms with Crippen molar-refractivity contribution in [1.29, 1.82) is 0 Å². The van der Waals surface area contributed by atoms with Crippen molar-refractivity contribution in [2.75, 3.05) is 7.05 Å². The second-order valence-electron chi connectivity index (χ2n) is 4.13. The summed E-state index contributed by atoms with van der Waals surface area (Å²) in [6, 6.07) is -0.575. The van der Waals surface area contributed by atoms with Crippen molar-refractivity contribution >= 4 is 5.97 Å². The monoisotopic (exact) mass is 227 g/mol. The van der Waals surface area contributed by atoms with Gasteiger partial charge in [0.1, 0.15) is 6.04 Å². The minimum absolute atomic E-state index is 0.208. The first-order valence-electron chi connectivity index (χ1n) is 5.17. The first-order chi connectivity index (χ1) is 7.41. The predicted octanol–water partition coefficient (Wildman–Crippen LogP) is 1.10. The fraction of sp³-hybridized carbons (Fsp3) is 0.700. The van der Waals surface area contributed by atoms with Crippen LogP contribution in [0.3, 0.4) is 0 Å². The van der Waals surface area contributed by atoms with Crippen LogP contribution in [-0.2, 0) is 11.3 Å². The van der Waals surface area contributed by atoms with Gasteiger partial charge in [0, 0.05) is 5.92 Å². The lowest BCUT2D eigenvalue weighted by Crippen LogP contribution is -2.35. The lowest BCUT2D eigenvalue weighted by Gasteiger charge is -2.18. The van der Waals surface area contributed by atoms with E-state index in [2.05, 4.69) is 10.1 Å². The first kappa shape index (κ1) is 12.6. The summed E-state index contributed by atoms with van der Waals surface area (Å²) in [7, 11) is 1.71. The van der Waals surface area contributed by atoms with Gasteiger partial charge in [-0.3, -0.25) is 9.69 Å². The zero-order valence-corrected chi connectivity index (χ0v) is 9.97. The number of carbonyl (C=O) groups is 1. The molecule has 0 saturated carbocycles. The third kappa shape index (κ3) is 3.03. The maximum atomic E-state index is 10.7. The van der Waals surface area contributed by atoms with Crippen molar-refractivity contribution in [3.05, 3.63) is 11.7 Å². The number of hydrogen-bond acceptors (Lipinski definition) is 5. The Hall–Kier alpha value is -1.43. The van der Waals surface area contributed by atoms with Crippen molar-refractivity contribution in [3.8, 4) is 0 Å². The van der Waals surface area contributed by atoms with Crippen LogP contribution in [0.1, 0.15) is 38.4 Å². The van der Waals surface area contributed by atoms with E-state index >= 15 is 0 Å². The van der Waals surface area contributed by atoms with E-state index < -0.39 is 12.0 Å². The van der Waals surface area contributed by atoms with Crippen molar-refractivity contribution in [3.63, 3.8) is 0 Å². The molecule has 1 aromatic rings. The molecule has 90 valence electrons. The Kier molecular flexibility index (Phi) is 4.00. The highest BCUT2D eigenvalue weighted by molar-refractivity contribution is 5.72. The SMILES string of the molecule is CC(C)c1noc(CN(C)C(C)C(=O)O)n1. The second-order valence-corrected chi connectivity index (χ2v) is 4.13. The Bertz CT molecular complexity index is 362. The van der Waals surface area contributed by atoms with E-state index in [4.69, 9.17) is 9.63 Å². The number of aromatic nitrogens is 2. The highest BCUT2D eigenvalue weighted by atomic mass is 16.5. The largest absolute Gasteiger partial charge is 0.480 e. The van der Waals surface area contributed by atoms with E-state index in [1.807, 2.05) is 13.8 Å². The van der Waals surface area contributed by atoms with Gasteiger partial charge < -0.3 is 9.63 Å². The molecule has 16 heavy (non-hydrogen) atoms. The van der Waals surface area contributed by atoms with Crippen LogP contribution >= 0.6 is 0 Å². The average molecular weight is 227 g/mol. The topological polar surface area (TPSA) is 79.5 Å². The van der Waals surface area contributed by atoms with Gasteiger partial charge >= 0.3 is 5.97 Å². The van der Waals surface area contributed by atoms with Crippen molar-refractivity contribution < 1.29 is 14.4 Å². The summed E-state index contributed by atoms with van der Waals surface area (Å²) in [6.07, 6.45) is 0. The molecule has 0 radical (unpaired) electrons. The van der Waals surface area contributed by atoms with E-state index in [-0.39, 0.29) is 5.92 Å². The number of carboxylic acid groups (broad SMARTS) is 1. The van der Waals surface area contributed by atoms with Crippen molar-refractivity contribution in [2.45, 2.75) is 39.3 Å². The van der Waals surface area contributed by atoms with Gasteiger partial charge in [0.2, 0.25) is 5.89 Å². The molecule has 1 atom stereocenters. The maximum Gasteiger partial charge on any atom is 0.320 e. The van der Waals surface area contributed by atoms with Crippen LogP contribution in [0.5, 0.6) is 0 Å². The van der Waals surface area contributed by atoms with E-state index in [1.165, 1.54) is 0 Å². The fourth-order valence-corrected chi connectivity index (χ4v) is 1.11. The van der Waals surface area contributed by atoms with Crippen LogP contribution in [0.4, 0.5) is 0 Å². The van der Waals surface area contributed by atoms with Gasteiger partial charge in [0.05, 0.1) is 6.54 Å². The normalized spacial score (nSPS) is 13.4. The number of likely N-dealkylation sites (N-methyl/N-ethyl adjacent to an activating group) is 1. The summed E-state index contributed by atoms with van der Waals surface area (Å²) < 4.78 is 5.03. The molecule has 0 aliphatic rings. The summed E-state index contributed by atoms with van der Waals surface area (Å²) in [5, 5.41) is 12.6. The van der Waals surface area contributed by atoms with Crippen LogP contribution in [-0.4, -0.2) is 39.2 Å². The van der Waals surface area contributed by atoms with Gasteiger partial charge in [-0.15, -0.1) is 0 Å². The number of aliphatic carboxylic acids is 1. The van der Waals surface area contributed by atoms with Gasteiger partial charge in [-0.1, -0.05) is 19.0 Å². The molecule has 0 aliphatic heterocycles. The summed E-state index contributed by atoms with van der Waals surface area (Å²) in [4.78, 5) is 16.6. The lowest BCUT2D eigenvalue weighted by atomic mass is 10.2. The van der Waals surface area contributed by atoms with Crippen LogP contribution in [0, 0.1) is 0 Å². The van der Waals surface area contributed by atoms with E-state index in [0.717, 1.165) is 0 Å². The third-order valence-electron chi connectivity index (χ3n) is 2.40. The van der Waals surface area contributed by atoms with Crippen LogP contribution in [0.2, 0.25) is 0 Å². The van der Waals surface area contributed by atoms with Gasteiger partial charge in [-0.05, 0) is 14.0 Å². The van der Waals surface area contributed by atoms with Gasteiger partial charge in [0.15, 0.2) is 5.82 Å². The smallest absolute Gasteiger partial charge is 0.320 e. The quantitative estimate of drug-likeness (QED) is 0.811. The van der Waals surface area contributed by atoms with Gasteiger partial charge in [-0.25, -0.2) is 0 Å². The summed E-state index contributed by atoms with van der Waals surface area (Å²) in [5.74, 6) is 0.427. The first-order valence-corrected chi connectivity index (χ1v) is 5.17. The molecular weight excluding hydrogens is 210 g/mol. The molecular formula is C10H17N3O3. The number of rotatable bonds is 5. The molecule has 0 fully saturated rings. The van der Waals surface area contributed by atoms with Gasteiger partial charge in [0.25, 0.3) is 0 Å².